The Bertz CT molecular complexity index is 1360. The second-order valence-corrected chi connectivity index (χ2v) is 10.3. The molecule has 12 heteroatoms. The minimum atomic E-state index is -0.744. The fraction of sp³-hybridized carbons (Fsp3) is 0.400. The Labute approximate surface area is 223 Å². The number of rotatable bonds is 6. The van der Waals surface area contributed by atoms with Gasteiger partial charge in [-0.25, -0.2) is 9.67 Å². The van der Waals surface area contributed by atoms with Gasteiger partial charge in [0.2, 0.25) is 11.8 Å². The van der Waals surface area contributed by atoms with E-state index in [2.05, 4.69) is 15.3 Å². The molecule has 2 aliphatic rings. The summed E-state index contributed by atoms with van der Waals surface area (Å²) >= 11 is 12.6. The smallest absolute Gasteiger partial charge is 0.319 e. The molecule has 0 spiro atoms. The molecule has 37 heavy (non-hydrogen) atoms. The highest BCUT2D eigenvalue weighted by molar-refractivity contribution is 6.30. The molecule has 3 aromatic rings. The number of alkyl halides is 1. The molecule has 0 bridgehead atoms. The van der Waals surface area contributed by atoms with Crippen molar-refractivity contribution in [2.45, 2.75) is 43.6 Å². The molecule has 2 aliphatic heterocycles. The predicted octanol–water partition coefficient (Wildman–Crippen LogP) is 3.50. The molecule has 2 amide bonds. The Morgan fingerprint density at radius 2 is 1.86 bits per heavy atom. The molecule has 194 valence electrons. The largest absolute Gasteiger partial charge is 0.479 e. The Morgan fingerprint density at radius 1 is 1.14 bits per heavy atom. The molecule has 3 atom stereocenters. The first kappa shape index (κ1) is 25.3. The molecule has 2 unspecified atom stereocenters. The number of hydrogen-bond acceptors (Lipinski definition) is 7. The van der Waals surface area contributed by atoms with Gasteiger partial charge in [0.1, 0.15) is 11.7 Å². The lowest BCUT2D eigenvalue weighted by Gasteiger charge is -2.37. The summed E-state index contributed by atoms with van der Waals surface area (Å²) in [5.74, 6) is -0.404. The first-order chi connectivity index (χ1) is 17.7. The predicted molar refractivity (Wildman–Crippen MR) is 137 cm³/mol. The summed E-state index contributed by atoms with van der Waals surface area (Å²) in [6.07, 6.45) is 1.88. The van der Waals surface area contributed by atoms with Crippen molar-refractivity contribution in [2.24, 2.45) is 0 Å². The van der Waals surface area contributed by atoms with Crippen LogP contribution in [0.5, 0.6) is 11.9 Å². The molecule has 2 aromatic heterocycles. The average Bonchev–Trinajstić information content (AvgIpc) is 3.40. The van der Waals surface area contributed by atoms with Gasteiger partial charge in [-0.05, 0) is 30.0 Å². The second-order valence-electron chi connectivity index (χ2n) is 9.23. The minimum absolute atomic E-state index is 0.0634. The molecule has 1 N–H and O–H groups in total. The number of fused-ring (bicyclic) bond motifs is 1. The number of hydrogen-bond donors (Lipinski definition) is 1. The summed E-state index contributed by atoms with van der Waals surface area (Å²) in [5.41, 5.74) is 3.01. The van der Waals surface area contributed by atoms with Gasteiger partial charge in [0.05, 0.1) is 37.5 Å². The lowest BCUT2D eigenvalue weighted by molar-refractivity contribution is -0.127. The first-order valence-corrected chi connectivity index (χ1v) is 12.6. The van der Waals surface area contributed by atoms with Gasteiger partial charge in [-0.15, -0.1) is 11.6 Å². The van der Waals surface area contributed by atoms with Crippen molar-refractivity contribution in [1.82, 2.24) is 30.0 Å². The van der Waals surface area contributed by atoms with Gasteiger partial charge in [-0.3, -0.25) is 9.59 Å². The minimum Gasteiger partial charge on any atom is -0.479 e. The van der Waals surface area contributed by atoms with Gasteiger partial charge < -0.3 is 19.7 Å². The maximum absolute atomic E-state index is 14.0. The van der Waals surface area contributed by atoms with E-state index in [4.69, 9.17) is 37.8 Å². The number of halogens is 2. The molecule has 1 aromatic carbocycles. The van der Waals surface area contributed by atoms with E-state index in [1.54, 1.807) is 27.9 Å². The number of aromatic nitrogens is 4. The van der Waals surface area contributed by atoms with Crippen molar-refractivity contribution in [2.75, 3.05) is 20.8 Å². The van der Waals surface area contributed by atoms with Gasteiger partial charge in [-0.2, -0.15) is 10.1 Å². The van der Waals surface area contributed by atoms with Crippen LogP contribution in [0.15, 0.2) is 30.5 Å². The maximum Gasteiger partial charge on any atom is 0.319 e. The van der Waals surface area contributed by atoms with Crippen LogP contribution in [0.2, 0.25) is 5.02 Å². The Morgan fingerprint density at radius 3 is 2.51 bits per heavy atom. The third kappa shape index (κ3) is 4.27. The number of benzene rings is 1. The Kier molecular flexibility index (Phi) is 6.72. The molecule has 1 fully saturated rings. The zero-order valence-electron chi connectivity index (χ0n) is 20.7. The first-order valence-electron chi connectivity index (χ1n) is 11.8. The SMILES string of the molecule is COc1ncc(-n2nc3c(c2C(C)C)[C@@H](c2ccc(Cl)cc2)N(C2CC(Cl)CNC2=O)C3=O)c(OC)n1. The van der Waals surface area contributed by atoms with E-state index in [-0.39, 0.29) is 40.7 Å². The van der Waals surface area contributed by atoms with Gasteiger partial charge in [-0.1, -0.05) is 37.6 Å². The summed E-state index contributed by atoms with van der Waals surface area (Å²) in [6.45, 7) is 4.38. The zero-order chi connectivity index (χ0) is 26.4. The normalized spacial score (nSPS) is 21.3. The third-order valence-electron chi connectivity index (χ3n) is 6.61. The van der Waals surface area contributed by atoms with E-state index in [9.17, 15) is 9.59 Å². The Balaban J connectivity index is 1.73. The van der Waals surface area contributed by atoms with Crippen molar-refractivity contribution in [1.29, 1.82) is 0 Å². The Hall–Kier alpha value is -3.37. The third-order valence-corrected chi connectivity index (χ3v) is 7.20. The summed E-state index contributed by atoms with van der Waals surface area (Å²) in [7, 11) is 2.96. The van der Waals surface area contributed by atoms with Gasteiger partial charge in [0, 0.05) is 17.1 Å². The molecule has 5 rings (SSSR count). The van der Waals surface area contributed by atoms with Gasteiger partial charge in [0.25, 0.3) is 5.91 Å². The van der Waals surface area contributed by atoms with E-state index in [0.717, 1.165) is 11.3 Å². The molecule has 1 saturated heterocycles. The number of nitrogens with zero attached hydrogens (tertiary/aromatic N) is 5. The number of carbonyl (C=O) groups is 2. The standard InChI is InChI=1S/C25H26Cl2N6O4/c1-12(2)20-18-19(31-33(20)17-11-29-25(37-4)30-23(17)36-3)24(35)32(16-9-15(27)10-28-22(16)34)21(18)13-5-7-14(26)8-6-13/h5-8,11-12,15-16,21H,9-10H2,1-4H3,(H,28,34)/t15?,16?,21-/m1/s1. The van der Waals surface area contributed by atoms with Crippen LogP contribution in [0.1, 0.15) is 59.5 Å². The van der Waals surface area contributed by atoms with E-state index in [1.165, 1.54) is 14.2 Å². The number of methoxy groups -OCH3 is 2. The molecule has 10 nitrogen and oxygen atoms in total. The van der Waals surface area contributed by atoms with E-state index >= 15 is 0 Å². The van der Waals surface area contributed by atoms with Crippen LogP contribution in [0, 0.1) is 0 Å². The van der Waals surface area contributed by atoms with Crippen LogP contribution in [0.4, 0.5) is 0 Å². The lowest BCUT2D eigenvalue weighted by atomic mass is 9.93. The van der Waals surface area contributed by atoms with Crippen LogP contribution in [0.3, 0.4) is 0 Å². The fourth-order valence-electron chi connectivity index (χ4n) is 5.02. The maximum atomic E-state index is 14.0. The number of carbonyl (C=O) groups excluding carboxylic acids is 2. The molecule has 0 saturated carbocycles. The highest BCUT2D eigenvalue weighted by atomic mass is 35.5. The summed E-state index contributed by atoms with van der Waals surface area (Å²) in [4.78, 5) is 37.1. The van der Waals surface area contributed by atoms with Crippen molar-refractivity contribution >= 4 is 35.0 Å². The number of piperidine rings is 1. The second kappa shape index (κ2) is 9.83. The molecular formula is C25H26Cl2N6O4. The van der Waals surface area contributed by atoms with Crippen LogP contribution >= 0.6 is 23.2 Å². The van der Waals surface area contributed by atoms with Crippen molar-refractivity contribution in [3.05, 3.63) is 58.0 Å². The molecule has 4 heterocycles. The topological polar surface area (TPSA) is 111 Å². The average molecular weight is 545 g/mol. The number of ether oxygens (including phenoxy) is 2. The van der Waals surface area contributed by atoms with Crippen molar-refractivity contribution in [3.8, 4) is 17.6 Å². The van der Waals surface area contributed by atoms with E-state index < -0.39 is 12.1 Å². The highest BCUT2D eigenvalue weighted by Crippen LogP contribution is 2.45. The monoisotopic (exact) mass is 544 g/mol. The van der Waals surface area contributed by atoms with Crippen molar-refractivity contribution < 1.29 is 19.1 Å². The lowest BCUT2D eigenvalue weighted by Crippen LogP contribution is -2.55. The fourth-order valence-corrected chi connectivity index (χ4v) is 5.39. The number of nitrogens with one attached hydrogen (secondary N) is 1. The molecule has 0 aliphatic carbocycles. The van der Waals surface area contributed by atoms with Gasteiger partial charge >= 0.3 is 6.01 Å². The highest BCUT2D eigenvalue weighted by Gasteiger charge is 2.49. The number of amides is 2. The molecule has 0 radical (unpaired) electrons. The van der Waals surface area contributed by atoms with E-state index in [1.807, 2.05) is 26.0 Å². The van der Waals surface area contributed by atoms with Crippen molar-refractivity contribution in [3.63, 3.8) is 0 Å². The van der Waals surface area contributed by atoms with Crippen LogP contribution in [-0.4, -0.2) is 68.6 Å². The van der Waals surface area contributed by atoms with Crippen LogP contribution in [0.25, 0.3) is 5.69 Å². The quantitative estimate of drug-likeness (QED) is 0.472. The van der Waals surface area contributed by atoms with Crippen LogP contribution in [-0.2, 0) is 4.79 Å². The zero-order valence-corrected chi connectivity index (χ0v) is 22.2. The van der Waals surface area contributed by atoms with Gasteiger partial charge in [0.15, 0.2) is 5.69 Å². The van der Waals surface area contributed by atoms with E-state index in [0.29, 0.717) is 29.2 Å². The van der Waals surface area contributed by atoms with Crippen LogP contribution < -0.4 is 14.8 Å². The summed E-state index contributed by atoms with van der Waals surface area (Å²) in [6, 6.07) is 6.08. The summed E-state index contributed by atoms with van der Waals surface area (Å²) in [5, 5.41) is 7.84. The molecular weight excluding hydrogens is 519 g/mol. The summed E-state index contributed by atoms with van der Waals surface area (Å²) < 4.78 is 12.3.